The SMILES string of the molecule is CN1C2CCC1CC(C(=O)c1occc1Br)C2. The van der Waals surface area contributed by atoms with E-state index in [1.54, 1.807) is 12.3 Å². The van der Waals surface area contributed by atoms with Gasteiger partial charge in [-0.3, -0.25) is 4.79 Å². The smallest absolute Gasteiger partial charge is 0.202 e. The van der Waals surface area contributed by atoms with Crippen molar-refractivity contribution >= 4 is 21.7 Å². The van der Waals surface area contributed by atoms with Gasteiger partial charge < -0.3 is 9.32 Å². The number of ketones is 1. The Kier molecular flexibility index (Phi) is 2.87. The van der Waals surface area contributed by atoms with Crippen molar-refractivity contribution in [2.45, 2.75) is 37.8 Å². The topological polar surface area (TPSA) is 33.5 Å². The molecule has 3 rings (SSSR count). The second kappa shape index (κ2) is 4.25. The highest BCUT2D eigenvalue weighted by Gasteiger charge is 2.41. The van der Waals surface area contributed by atoms with Crippen LogP contribution in [0.3, 0.4) is 0 Å². The molecule has 3 heterocycles. The van der Waals surface area contributed by atoms with Gasteiger partial charge in [0.2, 0.25) is 5.78 Å². The van der Waals surface area contributed by atoms with E-state index in [4.69, 9.17) is 4.42 Å². The second-order valence-corrected chi connectivity index (χ2v) is 6.04. The Balaban J connectivity index is 1.79. The van der Waals surface area contributed by atoms with Crippen LogP contribution in [0, 0.1) is 5.92 Å². The third kappa shape index (κ3) is 1.87. The van der Waals surface area contributed by atoms with E-state index in [0.717, 1.165) is 17.3 Å². The maximum atomic E-state index is 12.4. The molecule has 2 atom stereocenters. The molecular weight excluding hydrogens is 282 g/mol. The molecule has 92 valence electrons. The van der Waals surface area contributed by atoms with Gasteiger partial charge in [-0.25, -0.2) is 0 Å². The quantitative estimate of drug-likeness (QED) is 0.787. The van der Waals surface area contributed by atoms with E-state index < -0.39 is 0 Å². The summed E-state index contributed by atoms with van der Waals surface area (Å²) in [5.41, 5.74) is 0. The number of Topliss-reactive ketones (excluding diaryl/α,β-unsaturated/α-hetero) is 1. The van der Waals surface area contributed by atoms with Crippen LogP contribution in [-0.2, 0) is 0 Å². The van der Waals surface area contributed by atoms with Crippen molar-refractivity contribution in [3.8, 4) is 0 Å². The summed E-state index contributed by atoms with van der Waals surface area (Å²) >= 11 is 3.37. The minimum absolute atomic E-state index is 0.145. The molecule has 2 saturated heterocycles. The molecular formula is C13H16BrNO2. The largest absolute Gasteiger partial charge is 0.460 e. The van der Waals surface area contributed by atoms with Gasteiger partial charge in [0, 0.05) is 18.0 Å². The number of furan rings is 1. The molecule has 0 aliphatic carbocycles. The number of hydrogen-bond acceptors (Lipinski definition) is 3. The molecule has 0 radical (unpaired) electrons. The number of nitrogens with zero attached hydrogens (tertiary/aromatic N) is 1. The van der Waals surface area contributed by atoms with E-state index in [-0.39, 0.29) is 11.7 Å². The van der Waals surface area contributed by atoms with Crippen molar-refractivity contribution in [1.82, 2.24) is 4.90 Å². The van der Waals surface area contributed by atoms with Gasteiger partial charge in [0.25, 0.3) is 0 Å². The van der Waals surface area contributed by atoms with Crippen LogP contribution in [0.25, 0.3) is 0 Å². The van der Waals surface area contributed by atoms with Crippen molar-refractivity contribution in [2.24, 2.45) is 5.92 Å². The standard InChI is InChI=1S/C13H16BrNO2/c1-15-9-2-3-10(15)7-8(6-9)12(16)13-11(14)4-5-17-13/h4-5,8-10H,2-3,6-7H2,1H3. The van der Waals surface area contributed by atoms with E-state index >= 15 is 0 Å². The van der Waals surface area contributed by atoms with E-state index in [1.807, 2.05) is 0 Å². The van der Waals surface area contributed by atoms with Crippen molar-refractivity contribution in [2.75, 3.05) is 7.05 Å². The van der Waals surface area contributed by atoms with Gasteiger partial charge in [-0.15, -0.1) is 0 Å². The van der Waals surface area contributed by atoms with Crippen LogP contribution >= 0.6 is 15.9 Å². The van der Waals surface area contributed by atoms with E-state index in [2.05, 4.69) is 27.9 Å². The van der Waals surface area contributed by atoms with Crippen molar-refractivity contribution in [1.29, 1.82) is 0 Å². The molecule has 0 amide bonds. The number of rotatable bonds is 2. The third-order valence-corrected chi connectivity index (χ3v) is 4.93. The minimum atomic E-state index is 0.145. The molecule has 4 heteroatoms. The summed E-state index contributed by atoms with van der Waals surface area (Å²) in [5, 5.41) is 0. The van der Waals surface area contributed by atoms with Crippen LogP contribution in [0.2, 0.25) is 0 Å². The Labute approximate surface area is 109 Å². The summed E-state index contributed by atoms with van der Waals surface area (Å²) in [6.45, 7) is 0. The summed E-state index contributed by atoms with van der Waals surface area (Å²) in [5.74, 6) is 0.817. The van der Waals surface area contributed by atoms with E-state index in [1.165, 1.54) is 12.8 Å². The highest BCUT2D eigenvalue weighted by molar-refractivity contribution is 9.10. The molecule has 1 aromatic heterocycles. The van der Waals surface area contributed by atoms with Crippen molar-refractivity contribution < 1.29 is 9.21 Å². The summed E-state index contributed by atoms with van der Waals surface area (Å²) in [7, 11) is 2.19. The Morgan fingerprint density at radius 2 is 2.06 bits per heavy atom. The van der Waals surface area contributed by atoms with Gasteiger partial charge in [0.1, 0.15) is 0 Å². The minimum Gasteiger partial charge on any atom is -0.460 e. The predicted octanol–water partition coefficient (Wildman–Crippen LogP) is 3.10. The average molecular weight is 298 g/mol. The maximum absolute atomic E-state index is 12.4. The zero-order chi connectivity index (χ0) is 12.0. The first-order valence-electron chi connectivity index (χ1n) is 6.16. The van der Waals surface area contributed by atoms with Crippen LogP contribution in [0.15, 0.2) is 21.2 Å². The lowest BCUT2D eigenvalue weighted by Crippen LogP contribution is -2.42. The molecule has 2 aliphatic rings. The number of fused-ring (bicyclic) bond motifs is 2. The lowest BCUT2D eigenvalue weighted by atomic mass is 9.87. The van der Waals surface area contributed by atoms with Gasteiger partial charge in [-0.05, 0) is 54.7 Å². The monoisotopic (exact) mass is 297 g/mol. The molecule has 0 aromatic carbocycles. The summed E-state index contributed by atoms with van der Waals surface area (Å²) < 4.78 is 6.07. The molecule has 2 aliphatic heterocycles. The molecule has 1 aromatic rings. The van der Waals surface area contributed by atoms with Gasteiger partial charge >= 0.3 is 0 Å². The van der Waals surface area contributed by atoms with Crippen LogP contribution < -0.4 is 0 Å². The van der Waals surface area contributed by atoms with Crippen LogP contribution in [0.5, 0.6) is 0 Å². The lowest BCUT2D eigenvalue weighted by molar-refractivity contribution is 0.0739. The first-order valence-corrected chi connectivity index (χ1v) is 6.95. The normalized spacial score (nSPS) is 32.9. The zero-order valence-electron chi connectivity index (χ0n) is 9.86. The first-order chi connectivity index (χ1) is 8.16. The van der Waals surface area contributed by atoms with Gasteiger partial charge in [0.15, 0.2) is 5.76 Å². The lowest BCUT2D eigenvalue weighted by Gasteiger charge is -2.35. The average Bonchev–Trinajstić information content (AvgIpc) is 2.79. The molecule has 2 bridgehead atoms. The highest BCUT2D eigenvalue weighted by atomic mass is 79.9. The fraction of sp³-hybridized carbons (Fsp3) is 0.615. The Hall–Kier alpha value is -0.610. The maximum Gasteiger partial charge on any atom is 0.202 e. The second-order valence-electron chi connectivity index (χ2n) is 5.18. The summed E-state index contributed by atoms with van der Waals surface area (Å²) in [4.78, 5) is 14.8. The fourth-order valence-corrected chi connectivity index (χ4v) is 3.68. The Bertz CT molecular complexity index is 428. The summed E-state index contributed by atoms with van der Waals surface area (Å²) in [6.07, 6.45) is 6.02. The fourth-order valence-electron chi connectivity index (χ4n) is 3.28. The molecule has 0 saturated carbocycles. The number of hydrogen-bond donors (Lipinski definition) is 0. The number of carbonyl (C=O) groups excluding carboxylic acids is 1. The molecule has 0 N–H and O–H groups in total. The Morgan fingerprint density at radius 1 is 1.41 bits per heavy atom. The third-order valence-electron chi connectivity index (χ3n) is 4.31. The molecule has 3 nitrogen and oxygen atoms in total. The van der Waals surface area contributed by atoms with Gasteiger partial charge in [0.05, 0.1) is 10.7 Å². The first kappa shape index (κ1) is 11.5. The van der Waals surface area contributed by atoms with E-state index in [0.29, 0.717) is 17.8 Å². The molecule has 2 unspecified atom stereocenters. The van der Waals surface area contributed by atoms with Crippen LogP contribution in [-0.4, -0.2) is 29.8 Å². The predicted molar refractivity (Wildman–Crippen MR) is 68.0 cm³/mol. The van der Waals surface area contributed by atoms with Crippen LogP contribution in [0.4, 0.5) is 0 Å². The molecule has 2 fully saturated rings. The molecule has 0 spiro atoms. The number of carbonyl (C=O) groups is 1. The zero-order valence-corrected chi connectivity index (χ0v) is 11.4. The highest BCUT2D eigenvalue weighted by Crippen LogP contribution is 2.39. The van der Waals surface area contributed by atoms with Crippen molar-refractivity contribution in [3.05, 3.63) is 22.6 Å². The Morgan fingerprint density at radius 3 is 2.59 bits per heavy atom. The van der Waals surface area contributed by atoms with Gasteiger partial charge in [-0.1, -0.05) is 0 Å². The van der Waals surface area contributed by atoms with Gasteiger partial charge in [-0.2, -0.15) is 0 Å². The molecule has 17 heavy (non-hydrogen) atoms. The van der Waals surface area contributed by atoms with E-state index in [9.17, 15) is 4.79 Å². The summed E-state index contributed by atoms with van der Waals surface area (Å²) in [6, 6.07) is 2.98. The number of piperidine rings is 1. The van der Waals surface area contributed by atoms with Crippen molar-refractivity contribution in [3.63, 3.8) is 0 Å². The number of halogens is 1. The van der Waals surface area contributed by atoms with Crippen LogP contribution in [0.1, 0.15) is 36.2 Å².